The number of aromatic nitrogens is 2. The average molecular weight is 290 g/mol. The van der Waals surface area contributed by atoms with Gasteiger partial charge < -0.3 is 25.5 Å². The third-order valence-corrected chi connectivity index (χ3v) is 2.63. The zero-order valence-electron chi connectivity index (χ0n) is 11.2. The molecule has 0 spiro atoms. The number of benzene rings is 1. The molecule has 4 N–H and O–H groups in total. The molecule has 0 unspecified atom stereocenters. The number of amidine groups is 1. The summed E-state index contributed by atoms with van der Waals surface area (Å²) >= 11 is 0. The Bertz CT molecular complexity index is 660. The molecule has 1 aromatic heterocycles. The summed E-state index contributed by atoms with van der Waals surface area (Å²) in [5.41, 5.74) is 6.30. The van der Waals surface area contributed by atoms with Crippen molar-refractivity contribution in [1.29, 1.82) is 0 Å². The predicted octanol–water partition coefficient (Wildman–Crippen LogP) is 0.864. The molecule has 0 bridgehead atoms. The molecule has 0 saturated carbocycles. The number of methoxy groups -OCH3 is 1. The van der Waals surface area contributed by atoms with Gasteiger partial charge in [0.15, 0.2) is 23.0 Å². The standard InChI is InChI=1S/C13H14N4O4/c1-20-10-6-8(7-18)2-3-9(10)21-13-11(12(14)17-19)15-4-5-16-13/h2-6,18-19H,7H2,1H3,(H2,14,17). The lowest BCUT2D eigenvalue weighted by Crippen LogP contribution is -2.16. The molecule has 0 aliphatic rings. The fourth-order valence-electron chi connectivity index (χ4n) is 1.62. The van der Waals surface area contributed by atoms with Crippen LogP contribution in [0.25, 0.3) is 0 Å². The van der Waals surface area contributed by atoms with Gasteiger partial charge in [0.1, 0.15) is 0 Å². The van der Waals surface area contributed by atoms with Crippen LogP contribution in [-0.2, 0) is 6.61 Å². The maximum Gasteiger partial charge on any atom is 0.249 e. The summed E-state index contributed by atoms with van der Waals surface area (Å²) in [4.78, 5) is 7.95. The number of nitrogens with two attached hydrogens (primary N) is 1. The lowest BCUT2D eigenvalue weighted by atomic mass is 10.2. The molecule has 0 aliphatic heterocycles. The maximum absolute atomic E-state index is 9.11. The van der Waals surface area contributed by atoms with Gasteiger partial charge in [-0.05, 0) is 17.7 Å². The Morgan fingerprint density at radius 1 is 1.29 bits per heavy atom. The number of aliphatic hydroxyl groups excluding tert-OH is 1. The molecule has 8 heteroatoms. The van der Waals surface area contributed by atoms with Crippen LogP contribution < -0.4 is 15.2 Å². The summed E-state index contributed by atoms with van der Waals surface area (Å²) < 4.78 is 10.8. The molecule has 2 rings (SSSR count). The molecule has 0 fully saturated rings. The summed E-state index contributed by atoms with van der Waals surface area (Å²) in [5.74, 6) is 0.631. The van der Waals surface area contributed by atoms with E-state index in [2.05, 4.69) is 15.1 Å². The van der Waals surface area contributed by atoms with Crippen LogP contribution in [0, 0.1) is 0 Å². The summed E-state index contributed by atoms with van der Waals surface area (Å²) in [5, 5.41) is 20.7. The van der Waals surface area contributed by atoms with Crippen molar-refractivity contribution in [3.05, 3.63) is 41.9 Å². The van der Waals surface area contributed by atoms with E-state index in [0.717, 1.165) is 0 Å². The molecule has 1 heterocycles. The monoisotopic (exact) mass is 290 g/mol. The Labute approximate surface area is 120 Å². The first-order valence-electron chi connectivity index (χ1n) is 5.94. The number of aliphatic hydroxyl groups is 1. The number of ether oxygens (including phenoxy) is 2. The summed E-state index contributed by atoms with van der Waals surface area (Å²) in [7, 11) is 1.48. The summed E-state index contributed by atoms with van der Waals surface area (Å²) in [6.45, 7) is -0.114. The van der Waals surface area contributed by atoms with Gasteiger partial charge in [-0.3, -0.25) is 0 Å². The maximum atomic E-state index is 9.11. The van der Waals surface area contributed by atoms with Gasteiger partial charge in [0.05, 0.1) is 13.7 Å². The van der Waals surface area contributed by atoms with Gasteiger partial charge in [0.2, 0.25) is 5.88 Å². The number of hydrogen-bond donors (Lipinski definition) is 3. The minimum absolute atomic E-state index is 0.0721. The molecule has 110 valence electrons. The van der Waals surface area contributed by atoms with Crippen LogP contribution in [0.3, 0.4) is 0 Å². The van der Waals surface area contributed by atoms with Gasteiger partial charge in [-0.2, -0.15) is 0 Å². The minimum atomic E-state index is -0.218. The van der Waals surface area contributed by atoms with Gasteiger partial charge >= 0.3 is 0 Å². The van der Waals surface area contributed by atoms with Crippen molar-refractivity contribution in [3.63, 3.8) is 0 Å². The van der Waals surface area contributed by atoms with E-state index in [1.807, 2.05) is 0 Å². The summed E-state index contributed by atoms with van der Waals surface area (Å²) in [6.07, 6.45) is 2.81. The Hall–Kier alpha value is -2.87. The first-order chi connectivity index (χ1) is 10.2. The van der Waals surface area contributed by atoms with Gasteiger partial charge in [-0.25, -0.2) is 9.97 Å². The number of hydrogen-bond acceptors (Lipinski definition) is 7. The van der Waals surface area contributed by atoms with Crippen LogP contribution in [0.5, 0.6) is 17.4 Å². The smallest absolute Gasteiger partial charge is 0.249 e. The van der Waals surface area contributed by atoms with E-state index in [1.165, 1.54) is 19.5 Å². The molecule has 21 heavy (non-hydrogen) atoms. The second-order valence-corrected chi connectivity index (χ2v) is 3.94. The van der Waals surface area contributed by atoms with Crippen molar-refractivity contribution >= 4 is 5.84 Å². The van der Waals surface area contributed by atoms with Crippen LogP contribution in [-0.4, -0.2) is 33.2 Å². The average Bonchev–Trinajstić information content (AvgIpc) is 2.55. The van der Waals surface area contributed by atoms with E-state index in [4.69, 9.17) is 25.5 Å². The van der Waals surface area contributed by atoms with Gasteiger partial charge in [0.25, 0.3) is 0 Å². The normalized spacial score (nSPS) is 11.2. The highest BCUT2D eigenvalue weighted by atomic mass is 16.5. The zero-order valence-corrected chi connectivity index (χ0v) is 11.2. The molecule has 0 amide bonds. The van der Waals surface area contributed by atoms with Gasteiger partial charge in [-0.1, -0.05) is 11.2 Å². The van der Waals surface area contributed by atoms with Crippen molar-refractivity contribution in [3.8, 4) is 17.4 Å². The van der Waals surface area contributed by atoms with Crippen molar-refractivity contribution in [1.82, 2.24) is 9.97 Å². The first-order valence-corrected chi connectivity index (χ1v) is 5.94. The van der Waals surface area contributed by atoms with Crippen molar-refractivity contribution in [2.75, 3.05) is 7.11 Å². The molecule has 2 aromatic rings. The largest absolute Gasteiger partial charge is 0.493 e. The lowest BCUT2D eigenvalue weighted by molar-refractivity contribution is 0.280. The SMILES string of the molecule is COc1cc(CO)ccc1Oc1nccnc1/C(N)=N/O. The number of oxime groups is 1. The molecule has 0 atom stereocenters. The fourth-order valence-corrected chi connectivity index (χ4v) is 1.62. The van der Waals surface area contributed by atoms with Gasteiger partial charge in [-0.15, -0.1) is 0 Å². The molecule has 0 aliphatic carbocycles. The number of rotatable bonds is 5. The third kappa shape index (κ3) is 3.18. The van der Waals surface area contributed by atoms with Crippen LogP contribution in [0.15, 0.2) is 35.7 Å². The zero-order chi connectivity index (χ0) is 15.2. The van der Waals surface area contributed by atoms with Crippen molar-refractivity contribution in [2.24, 2.45) is 10.9 Å². The summed E-state index contributed by atoms with van der Waals surface area (Å²) in [6, 6.07) is 4.93. The highest BCUT2D eigenvalue weighted by molar-refractivity contribution is 5.97. The van der Waals surface area contributed by atoms with E-state index in [0.29, 0.717) is 17.1 Å². The first kappa shape index (κ1) is 14.5. The van der Waals surface area contributed by atoms with Crippen molar-refractivity contribution < 1.29 is 19.8 Å². The minimum Gasteiger partial charge on any atom is -0.493 e. The third-order valence-electron chi connectivity index (χ3n) is 2.63. The predicted molar refractivity (Wildman–Crippen MR) is 73.5 cm³/mol. The van der Waals surface area contributed by atoms with E-state index >= 15 is 0 Å². The van der Waals surface area contributed by atoms with Crippen LogP contribution in [0.2, 0.25) is 0 Å². The molecular weight excluding hydrogens is 276 g/mol. The molecule has 0 saturated heterocycles. The topological polar surface area (TPSA) is 123 Å². The number of nitrogens with zero attached hydrogens (tertiary/aromatic N) is 3. The second kappa shape index (κ2) is 6.53. The Balaban J connectivity index is 2.39. The van der Waals surface area contributed by atoms with Crippen molar-refractivity contribution in [2.45, 2.75) is 6.61 Å². The van der Waals surface area contributed by atoms with E-state index in [-0.39, 0.29) is 24.0 Å². The molecule has 8 nitrogen and oxygen atoms in total. The fraction of sp³-hybridized carbons (Fsp3) is 0.154. The Morgan fingerprint density at radius 3 is 2.71 bits per heavy atom. The Morgan fingerprint density at radius 2 is 2.05 bits per heavy atom. The quantitative estimate of drug-likeness (QED) is 0.323. The molecule has 0 radical (unpaired) electrons. The molecule has 1 aromatic carbocycles. The van der Waals surface area contributed by atoms with E-state index in [1.54, 1.807) is 18.2 Å². The Kier molecular flexibility index (Phi) is 4.52. The second-order valence-electron chi connectivity index (χ2n) is 3.94. The van der Waals surface area contributed by atoms with E-state index in [9.17, 15) is 0 Å². The van der Waals surface area contributed by atoms with Crippen LogP contribution >= 0.6 is 0 Å². The van der Waals surface area contributed by atoms with Gasteiger partial charge in [0, 0.05) is 12.4 Å². The lowest BCUT2D eigenvalue weighted by Gasteiger charge is -2.12. The molecular formula is C13H14N4O4. The highest BCUT2D eigenvalue weighted by Crippen LogP contribution is 2.32. The highest BCUT2D eigenvalue weighted by Gasteiger charge is 2.14. The van der Waals surface area contributed by atoms with Crippen LogP contribution in [0.4, 0.5) is 0 Å². The van der Waals surface area contributed by atoms with Crippen LogP contribution in [0.1, 0.15) is 11.3 Å². The van der Waals surface area contributed by atoms with E-state index < -0.39 is 0 Å².